The summed E-state index contributed by atoms with van der Waals surface area (Å²) in [6.07, 6.45) is -0.185. The van der Waals surface area contributed by atoms with E-state index in [9.17, 15) is 8.78 Å². The van der Waals surface area contributed by atoms with Gasteiger partial charge < -0.3 is 15.4 Å². The van der Waals surface area contributed by atoms with Gasteiger partial charge in [0.25, 0.3) is 5.92 Å². The Morgan fingerprint density at radius 3 is 2.82 bits per heavy atom. The number of hydrogen-bond acceptors (Lipinski definition) is 3. The predicted octanol–water partition coefficient (Wildman–Crippen LogP) is 2.13. The van der Waals surface area contributed by atoms with Gasteiger partial charge in [-0.15, -0.1) is 0 Å². The minimum absolute atomic E-state index is 0.185. The van der Waals surface area contributed by atoms with Crippen LogP contribution in [0.4, 0.5) is 20.2 Å². The quantitative estimate of drug-likeness (QED) is 0.825. The predicted molar refractivity (Wildman–Crippen MR) is 63.4 cm³/mol. The molecule has 0 bridgehead atoms. The second kappa shape index (κ2) is 4.49. The summed E-state index contributed by atoms with van der Waals surface area (Å²) in [6.45, 7) is -0.0147. The van der Waals surface area contributed by atoms with Crippen LogP contribution in [0.5, 0.6) is 0 Å². The zero-order valence-corrected chi connectivity index (χ0v) is 9.70. The van der Waals surface area contributed by atoms with Gasteiger partial charge in [-0.25, -0.2) is 8.78 Å². The SMILES string of the molecule is COCC1CC(F)(F)CN1c1ccccc1N. The van der Waals surface area contributed by atoms with Gasteiger partial charge in [-0.2, -0.15) is 0 Å². The second-order valence-corrected chi connectivity index (χ2v) is 4.36. The van der Waals surface area contributed by atoms with E-state index >= 15 is 0 Å². The fourth-order valence-electron chi connectivity index (χ4n) is 2.27. The van der Waals surface area contributed by atoms with E-state index in [-0.39, 0.29) is 25.6 Å². The summed E-state index contributed by atoms with van der Waals surface area (Å²) in [4.78, 5) is 1.64. The van der Waals surface area contributed by atoms with Crippen LogP contribution in [0.2, 0.25) is 0 Å². The summed E-state index contributed by atoms with van der Waals surface area (Å²) in [5.41, 5.74) is 7.00. The molecule has 3 nitrogen and oxygen atoms in total. The van der Waals surface area contributed by atoms with Crippen molar-refractivity contribution in [3.63, 3.8) is 0 Å². The number of anilines is 2. The molecule has 1 saturated heterocycles. The van der Waals surface area contributed by atoms with Gasteiger partial charge in [-0.05, 0) is 12.1 Å². The number of benzene rings is 1. The molecule has 1 aliphatic rings. The van der Waals surface area contributed by atoms with Crippen LogP contribution in [0.25, 0.3) is 0 Å². The van der Waals surface area contributed by atoms with E-state index in [2.05, 4.69) is 0 Å². The fourth-order valence-corrected chi connectivity index (χ4v) is 2.27. The van der Waals surface area contributed by atoms with Crippen molar-refractivity contribution < 1.29 is 13.5 Å². The van der Waals surface area contributed by atoms with Gasteiger partial charge in [-0.3, -0.25) is 0 Å². The molecular formula is C12H16F2N2O. The fraction of sp³-hybridized carbons (Fsp3) is 0.500. The summed E-state index contributed by atoms with van der Waals surface area (Å²) in [5.74, 6) is -2.68. The van der Waals surface area contributed by atoms with E-state index in [1.807, 2.05) is 0 Å². The van der Waals surface area contributed by atoms with Crippen molar-refractivity contribution >= 4 is 11.4 Å². The lowest BCUT2D eigenvalue weighted by Crippen LogP contribution is -2.33. The Morgan fingerprint density at radius 1 is 1.47 bits per heavy atom. The van der Waals surface area contributed by atoms with E-state index in [1.54, 1.807) is 29.2 Å². The van der Waals surface area contributed by atoms with Gasteiger partial charge in [0.05, 0.1) is 30.6 Å². The van der Waals surface area contributed by atoms with Crippen LogP contribution in [-0.2, 0) is 4.74 Å². The minimum atomic E-state index is -2.68. The second-order valence-electron chi connectivity index (χ2n) is 4.36. The highest BCUT2D eigenvalue weighted by molar-refractivity contribution is 5.68. The molecule has 94 valence electrons. The molecule has 1 unspecified atom stereocenters. The number of alkyl halides is 2. The number of ether oxygens (including phenoxy) is 1. The topological polar surface area (TPSA) is 38.5 Å². The van der Waals surface area contributed by atoms with Crippen molar-refractivity contribution in [1.82, 2.24) is 0 Å². The molecule has 1 fully saturated rings. The maximum atomic E-state index is 13.4. The Balaban J connectivity index is 2.27. The highest BCUT2D eigenvalue weighted by Gasteiger charge is 2.45. The number of para-hydroxylation sites is 2. The van der Waals surface area contributed by atoms with Crippen molar-refractivity contribution in [3.05, 3.63) is 24.3 Å². The average molecular weight is 242 g/mol. The molecule has 2 N–H and O–H groups in total. The van der Waals surface area contributed by atoms with Crippen LogP contribution in [0.3, 0.4) is 0 Å². The van der Waals surface area contributed by atoms with Gasteiger partial charge in [-0.1, -0.05) is 12.1 Å². The van der Waals surface area contributed by atoms with E-state index in [0.29, 0.717) is 11.4 Å². The van der Waals surface area contributed by atoms with Crippen LogP contribution in [0.1, 0.15) is 6.42 Å². The summed E-state index contributed by atoms with van der Waals surface area (Å²) >= 11 is 0. The molecular weight excluding hydrogens is 226 g/mol. The highest BCUT2D eigenvalue weighted by Crippen LogP contribution is 2.37. The van der Waals surface area contributed by atoms with Crippen molar-refractivity contribution in [2.24, 2.45) is 0 Å². The van der Waals surface area contributed by atoms with E-state index in [1.165, 1.54) is 7.11 Å². The maximum Gasteiger partial charge on any atom is 0.267 e. The Hall–Kier alpha value is -1.36. The summed E-state index contributed by atoms with van der Waals surface area (Å²) < 4.78 is 31.9. The first-order chi connectivity index (χ1) is 8.03. The molecule has 1 atom stereocenters. The first-order valence-electron chi connectivity index (χ1n) is 5.51. The van der Waals surface area contributed by atoms with Crippen LogP contribution in [-0.4, -0.2) is 32.2 Å². The van der Waals surface area contributed by atoms with Crippen LogP contribution < -0.4 is 10.6 Å². The van der Waals surface area contributed by atoms with E-state index in [4.69, 9.17) is 10.5 Å². The highest BCUT2D eigenvalue weighted by atomic mass is 19.3. The number of nitrogens with zero attached hydrogens (tertiary/aromatic N) is 1. The summed E-state index contributed by atoms with van der Waals surface area (Å²) in [5, 5.41) is 0. The normalized spacial score (nSPS) is 23.0. The minimum Gasteiger partial charge on any atom is -0.397 e. The number of nitrogens with two attached hydrogens (primary N) is 1. The van der Waals surface area contributed by atoms with Gasteiger partial charge in [0.1, 0.15) is 0 Å². The van der Waals surface area contributed by atoms with Crippen molar-refractivity contribution in [3.8, 4) is 0 Å². The zero-order chi connectivity index (χ0) is 12.5. The molecule has 1 aliphatic heterocycles. The first kappa shape index (κ1) is 12.1. The number of nitrogen functional groups attached to an aromatic ring is 1. The largest absolute Gasteiger partial charge is 0.397 e. The number of halogens is 2. The molecule has 1 heterocycles. The smallest absolute Gasteiger partial charge is 0.267 e. The van der Waals surface area contributed by atoms with Crippen molar-refractivity contribution in [2.75, 3.05) is 30.9 Å². The van der Waals surface area contributed by atoms with Gasteiger partial charge in [0, 0.05) is 13.5 Å². The van der Waals surface area contributed by atoms with Gasteiger partial charge in [0.2, 0.25) is 0 Å². The molecule has 2 rings (SSSR count). The van der Waals surface area contributed by atoms with Crippen LogP contribution in [0, 0.1) is 0 Å². The standard InChI is InChI=1S/C12H16F2N2O/c1-17-7-9-6-12(13,14)8-16(9)11-5-3-2-4-10(11)15/h2-5,9H,6-8,15H2,1H3. The summed E-state index contributed by atoms with van der Waals surface area (Å²) in [6, 6.07) is 6.75. The third-order valence-corrected chi connectivity index (χ3v) is 2.98. The third kappa shape index (κ3) is 2.49. The van der Waals surface area contributed by atoms with Crippen molar-refractivity contribution in [2.45, 2.75) is 18.4 Å². The molecule has 0 amide bonds. The lowest BCUT2D eigenvalue weighted by atomic mass is 10.2. The Morgan fingerprint density at radius 2 is 2.18 bits per heavy atom. The van der Waals surface area contributed by atoms with E-state index in [0.717, 1.165) is 0 Å². The van der Waals surface area contributed by atoms with Gasteiger partial charge >= 0.3 is 0 Å². The Kier molecular flexibility index (Phi) is 3.19. The Labute approximate surface area is 99.2 Å². The molecule has 1 aromatic carbocycles. The van der Waals surface area contributed by atoms with Crippen LogP contribution >= 0.6 is 0 Å². The maximum absolute atomic E-state index is 13.4. The summed E-state index contributed by atoms with van der Waals surface area (Å²) in [7, 11) is 1.52. The van der Waals surface area contributed by atoms with Crippen LogP contribution in [0.15, 0.2) is 24.3 Å². The lowest BCUT2D eigenvalue weighted by molar-refractivity contribution is 0.0189. The number of hydrogen-bond donors (Lipinski definition) is 1. The molecule has 0 aliphatic carbocycles. The van der Waals surface area contributed by atoms with Gasteiger partial charge in [0.15, 0.2) is 0 Å². The molecule has 17 heavy (non-hydrogen) atoms. The molecule has 1 aromatic rings. The lowest BCUT2D eigenvalue weighted by Gasteiger charge is -2.26. The molecule has 0 spiro atoms. The molecule has 5 heteroatoms. The number of methoxy groups -OCH3 is 1. The zero-order valence-electron chi connectivity index (χ0n) is 9.70. The van der Waals surface area contributed by atoms with E-state index < -0.39 is 5.92 Å². The molecule has 0 saturated carbocycles. The average Bonchev–Trinajstić information content (AvgIpc) is 2.55. The van der Waals surface area contributed by atoms with Crippen molar-refractivity contribution in [1.29, 1.82) is 0 Å². The molecule has 0 aromatic heterocycles. The first-order valence-corrected chi connectivity index (χ1v) is 5.51. The molecule has 0 radical (unpaired) electrons. The Bertz CT molecular complexity index is 398. The third-order valence-electron chi connectivity index (χ3n) is 2.98. The number of rotatable bonds is 3. The monoisotopic (exact) mass is 242 g/mol.